The van der Waals surface area contributed by atoms with Crippen LogP contribution in [-0.2, 0) is 10.0 Å². The summed E-state index contributed by atoms with van der Waals surface area (Å²) in [5, 5.41) is 2.91. The molecule has 5 nitrogen and oxygen atoms in total. The number of ketones is 1. The summed E-state index contributed by atoms with van der Waals surface area (Å²) >= 11 is 0. The van der Waals surface area contributed by atoms with Crippen molar-refractivity contribution in [1.82, 2.24) is 5.32 Å². The van der Waals surface area contributed by atoms with E-state index in [1.807, 2.05) is 30.3 Å². The van der Waals surface area contributed by atoms with Crippen LogP contribution in [0, 0.1) is 0 Å². The van der Waals surface area contributed by atoms with Gasteiger partial charge in [0.2, 0.25) is 5.78 Å². The van der Waals surface area contributed by atoms with Gasteiger partial charge in [-0.15, -0.1) is 0 Å². The van der Waals surface area contributed by atoms with Crippen molar-refractivity contribution in [3.63, 3.8) is 0 Å². The van der Waals surface area contributed by atoms with E-state index < -0.39 is 10.0 Å². The van der Waals surface area contributed by atoms with Gasteiger partial charge in [-0.2, -0.15) is 12.8 Å². The zero-order valence-electron chi connectivity index (χ0n) is 12.2. The molecule has 0 fully saturated rings. The molecular formula is C17H12N2O3S. The van der Waals surface area contributed by atoms with Crippen LogP contribution >= 0.6 is 0 Å². The largest absolute Gasteiger partial charge is 0.384 e. The summed E-state index contributed by atoms with van der Waals surface area (Å²) in [5.41, 5.74) is 2.75. The molecule has 1 aliphatic carbocycles. The highest BCUT2D eigenvalue weighted by atomic mass is 32.2. The minimum absolute atomic E-state index is 0.0990. The molecule has 23 heavy (non-hydrogen) atoms. The van der Waals surface area contributed by atoms with Crippen molar-refractivity contribution in [2.24, 2.45) is 4.40 Å². The molecule has 0 aromatic heterocycles. The number of nitrogens with zero attached hydrogens (tertiary/aromatic N) is 1. The van der Waals surface area contributed by atoms with Crippen molar-refractivity contribution in [3.05, 3.63) is 70.9 Å². The van der Waals surface area contributed by atoms with Crippen LogP contribution in [-0.4, -0.2) is 27.0 Å². The minimum atomic E-state index is -3.77. The molecule has 2 aromatic carbocycles. The number of hydrogen-bond acceptors (Lipinski definition) is 4. The van der Waals surface area contributed by atoms with Gasteiger partial charge >= 0.3 is 0 Å². The smallest absolute Gasteiger partial charge is 0.283 e. The number of Topliss-reactive ketones (excluding diaryl/α,β-unsaturated/α-hetero) is 1. The van der Waals surface area contributed by atoms with Crippen LogP contribution in [0.2, 0.25) is 0 Å². The van der Waals surface area contributed by atoms with Gasteiger partial charge in [0.25, 0.3) is 10.0 Å². The lowest BCUT2D eigenvalue weighted by Gasteiger charge is -2.21. The molecule has 0 amide bonds. The lowest BCUT2D eigenvalue weighted by Crippen LogP contribution is -2.27. The second-order valence-corrected chi connectivity index (χ2v) is 6.86. The lowest BCUT2D eigenvalue weighted by molar-refractivity contribution is 0.102. The number of benzene rings is 2. The zero-order chi connectivity index (χ0) is 16.2. The van der Waals surface area contributed by atoms with Gasteiger partial charge in [0.15, 0.2) is 0 Å². The quantitative estimate of drug-likeness (QED) is 0.917. The van der Waals surface area contributed by atoms with Crippen molar-refractivity contribution >= 4 is 27.1 Å². The van der Waals surface area contributed by atoms with Gasteiger partial charge in [-0.25, -0.2) is 0 Å². The van der Waals surface area contributed by atoms with E-state index in [0.717, 1.165) is 5.56 Å². The minimum Gasteiger partial charge on any atom is -0.384 e. The van der Waals surface area contributed by atoms with Gasteiger partial charge in [0.05, 0.1) is 16.3 Å². The fourth-order valence-electron chi connectivity index (χ4n) is 3.06. The number of carbonyl (C=O) groups excluding carboxylic acids is 1. The average Bonchev–Trinajstić information content (AvgIpc) is 2.83. The zero-order valence-corrected chi connectivity index (χ0v) is 13.0. The molecule has 0 radical (unpaired) electrons. The summed E-state index contributed by atoms with van der Waals surface area (Å²) in [6.07, 6.45) is 0. The van der Waals surface area contributed by atoms with E-state index in [2.05, 4.69) is 9.71 Å². The third-order valence-corrected chi connectivity index (χ3v) is 5.34. The van der Waals surface area contributed by atoms with Gasteiger partial charge in [-0.1, -0.05) is 42.5 Å². The maximum atomic E-state index is 12.8. The van der Waals surface area contributed by atoms with Crippen LogP contribution in [0.15, 0.2) is 63.5 Å². The Morgan fingerprint density at radius 2 is 1.74 bits per heavy atom. The lowest BCUT2D eigenvalue weighted by atomic mass is 9.83. The van der Waals surface area contributed by atoms with Gasteiger partial charge in [0, 0.05) is 23.7 Å². The first kappa shape index (κ1) is 13.9. The molecule has 114 valence electrons. The molecule has 2 aliphatic rings. The third-order valence-electron chi connectivity index (χ3n) is 4.02. The predicted octanol–water partition coefficient (Wildman–Crippen LogP) is 2.00. The van der Waals surface area contributed by atoms with Crippen molar-refractivity contribution in [2.75, 3.05) is 7.05 Å². The highest BCUT2D eigenvalue weighted by Gasteiger charge is 2.40. The first-order chi connectivity index (χ1) is 11.0. The fourth-order valence-corrected chi connectivity index (χ4v) is 4.29. The number of carbonyl (C=O) groups is 1. The van der Waals surface area contributed by atoms with Crippen molar-refractivity contribution < 1.29 is 13.2 Å². The van der Waals surface area contributed by atoms with Gasteiger partial charge < -0.3 is 5.32 Å². The van der Waals surface area contributed by atoms with E-state index in [-0.39, 0.29) is 10.7 Å². The molecule has 0 saturated heterocycles. The van der Waals surface area contributed by atoms with Gasteiger partial charge in [-0.3, -0.25) is 4.79 Å². The van der Waals surface area contributed by atoms with E-state index in [1.54, 1.807) is 19.2 Å². The van der Waals surface area contributed by atoms with Gasteiger partial charge in [-0.05, 0) is 11.6 Å². The molecule has 2 aromatic rings. The van der Waals surface area contributed by atoms with Crippen LogP contribution in [0.4, 0.5) is 0 Å². The van der Waals surface area contributed by atoms with Gasteiger partial charge in [0.1, 0.15) is 0 Å². The normalized spacial score (nSPS) is 17.8. The molecule has 0 bridgehead atoms. The Bertz CT molecular complexity index is 1020. The summed E-state index contributed by atoms with van der Waals surface area (Å²) in [5.74, 6) is -0.223. The highest BCUT2D eigenvalue weighted by molar-refractivity contribution is 7.90. The van der Waals surface area contributed by atoms with Crippen LogP contribution < -0.4 is 5.32 Å². The SMILES string of the molecule is CNC1=C(c2ccccc2)C2=NS(=O)(=O)c3cccc(c32)C1=O. The number of rotatable bonds is 2. The molecule has 0 unspecified atom stereocenters. The second kappa shape index (κ2) is 4.63. The van der Waals surface area contributed by atoms with Crippen LogP contribution in [0.1, 0.15) is 21.5 Å². The highest BCUT2D eigenvalue weighted by Crippen LogP contribution is 2.39. The summed E-state index contributed by atoms with van der Waals surface area (Å²) in [7, 11) is -2.12. The van der Waals surface area contributed by atoms with E-state index in [1.165, 1.54) is 6.07 Å². The second-order valence-electron chi connectivity index (χ2n) is 5.29. The Labute approximate surface area is 133 Å². The first-order valence-corrected chi connectivity index (χ1v) is 8.49. The molecule has 1 heterocycles. The Hall–Kier alpha value is -2.73. The number of sulfonamides is 1. The summed E-state index contributed by atoms with van der Waals surface area (Å²) < 4.78 is 28.6. The topological polar surface area (TPSA) is 75.6 Å². The molecule has 4 rings (SSSR count). The number of allylic oxidation sites excluding steroid dienone is 2. The van der Waals surface area contributed by atoms with Crippen molar-refractivity contribution in [3.8, 4) is 0 Å². The number of hydrogen-bond donors (Lipinski definition) is 1. The Morgan fingerprint density at radius 1 is 1.00 bits per heavy atom. The van der Waals surface area contributed by atoms with Crippen molar-refractivity contribution in [2.45, 2.75) is 4.90 Å². The van der Waals surface area contributed by atoms with Crippen LogP contribution in [0.25, 0.3) is 5.57 Å². The predicted molar refractivity (Wildman–Crippen MR) is 86.9 cm³/mol. The fraction of sp³-hybridized carbons (Fsp3) is 0.0588. The monoisotopic (exact) mass is 324 g/mol. The Morgan fingerprint density at radius 3 is 2.43 bits per heavy atom. The molecule has 1 aliphatic heterocycles. The molecule has 0 spiro atoms. The first-order valence-electron chi connectivity index (χ1n) is 7.05. The standard InChI is InChI=1S/C17H12N2O3S/c1-18-16-13(10-6-3-2-4-7-10)15-14-11(17(16)20)8-5-9-12(14)23(21,22)19-15/h2-9,18H,1H3. The number of likely N-dealkylation sites (N-methyl/N-ethyl adjacent to an activating group) is 1. The van der Waals surface area contributed by atoms with E-state index in [0.29, 0.717) is 28.1 Å². The van der Waals surface area contributed by atoms with Crippen LogP contribution in [0.5, 0.6) is 0 Å². The Kier molecular flexibility index (Phi) is 2.80. The maximum absolute atomic E-state index is 12.8. The number of nitrogens with one attached hydrogen (secondary N) is 1. The van der Waals surface area contributed by atoms with E-state index >= 15 is 0 Å². The molecule has 0 saturated carbocycles. The molecule has 1 N–H and O–H groups in total. The Balaban J connectivity index is 2.13. The molecule has 6 heteroatoms. The molecular weight excluding hydrogens is 312 g/mol. The van der Waals surface area contributed by atoms with Crippen molar-refractivity contribution in [1.29, 1.82) is 0 Å². The summed E-state index contributed by atoms with van der Waals surface area (Å²) in [6.45, 7) is 0. The van der Waals surface area contributed by atoms with E-state index in [4.69, 9.17) is 0 Å². The third kappa shape index (κ3) is 1.82. The van der Waals surface area contributed by atoms with E-state index in [9.17, 15) is 13.2 Å². The summed E-state index contributed by atoms with van der Waals surface area (Å²) in [4.78, 5) is 12.9. The van der Waals surface area contributed by atoms with Crippen LogP contribution in [0.3, 0.4) is 0 Å². The molecule has 0 atom stereocenters. The maximum Gasteiger partial charge on any atom is 0.283 e. The average molecular weight is 324 g/mol. The summed E-state index contributed by atoms with van der Waals surface area (Å²) in [6, 6.07) is 13.9.